The van der Waals surface area contributed by atoms with Crippen LogP contribution in [0, 0.1) is 11.3 Å². The fourth-order valence-corrected chi connectivity index (χ4v) is 4.79. The van der Waals surface area contributed by atoms with Crippen molar-refractivity contribution in [3.05, 3.63) is 29.8 Å². The summed E-state index contributed by atoms with van der Waals surface area (Å²) in [6, 6.07) is 7.22. The summed E-state index contributed by atoms with van der Waals surface area (Å²) >= 11 is 0. The number of hydrogen-bond acceptors (Lipinski definition) is 4. The molecule has 1 aliphatic carbocycles. The van der Waals surface area contributed by atoms with Crippen LogP contribution in [0.25, 0.3) is 0 Å². The van der Waals surface area contributed by atoms with E-state index in [9.17, 15) is 14.4 Å². The highest BCUT2D eigenvalue weighted by Gasteiger charge is 2.53. The number of amides is 4. The van der Waals surface area contributed by atoms with E-state index in [0.29, 0.717) is 24.4 Å². The Morgan fingerprint density at radius 1 is 1.19 bits per heavy atom. The van der Waals surface area contributed by atoms with Gasteiger partial charge in [-0.2, -0.15) is 0 Å². The molecule has 1 aromatic rings. The minimum absolute atomic E-state index is 0.231. The van der Waals surface area contributed by atoms with E-state index < -0.39 is 11.6 Å². The van der Waals surface area contributed by atoms with Crippen LogP contribution in [0.2, 0.25) is 0 Å². The van der Waals surface area contributed by atoms with E-state index in [4.69, 9.17) is 0 Å². The molecular formula is C25H38N4O3. The van der Waals surface area contributed by atoms with Gasteiger partial charge in [0.1, 0.15) is 12.1 Å². The minimum Gasteiger partial charge on any atom is -0.325 e. The standard InChI is InChI=1S/C25H38N4O3/c1-6-24(2,3)19-11-14-25(15-12-19)22(31)29(23(32)27-25)17-21(30)26-20-9-7-18(8-10-20)13-16-28(4)5/h7-10,19H,6,11-17H2,1-5H3,(H,26,30)(H,27,32). The molecule has 1 aromatic carbocycles. The van der Waals surface area contributed by atoms with Crippen molar-refractivity contribution in [2.24, 2.45) is 11.3 Å². The summed E-state index contributed by atoms with van der Waals surface area (Å²) in [6.45, 7) is 7.44. The Kier molecular flexibility index (Phi) is 7.28. The molecule has 2 aliphatic rings. The van der Waals surface area contributed by atoms with Crippen LogP contribution in [0.3, 0.4) is 0 Å². The number of nitrogens with one attached hydrogen (secondary N) is 2. The highest BCUT2D eigenvalue weighted by atomic mass is 16.2. The first-order valence-electron chi connectivity index (χ1n) is 11.7. The molecule has 1 saturated carbocycles. The van der Waals surface area contributed by atoms with E-state index in [2.05, 4.69) is 36.3 Å². The number of urea groups is 1. The van der Waals surface area contributed by atoms with Crippen LogP contribution in [-0.4, -0.2) is 60.4 Å². The molecule has 1 aliphatic heterocycles. The monoisotopic (exact) mass is 442 g/mol. The Labute approximate surface area is 191 Å². The number of benzene rings is 1. The van der Waals surface area contributed by atoms with Crippen LogP contribution in [0.1, 0.15) is 58.4 Å². The summed E-state index contributed by atoms with van der Waals surface area (Å²) in [5, 5.41) is 5.72. The molecular weight excluding hydrogens is 404 g/mol. The highest BCUT2D eigenvalue weighted by molar-refractivity contribution is 6.10. The normalized spacial score (nSPS) is 23.7. The second kappa shape index (κ2) is 9.61. The third-order valence-corrected chi connectivity index (χ3v) is 7.49. The second-order valence-electron chi connectivity index (χ2n) is 10.3. The molecule has 0 bridgehead atoms. The van der Waals surface area contributed by atoms with E-state index in [-0.39, 0.29) is 23.8 Å². The SMILES string of the molecule is CCC(C)(C)C1CCC2(CC1)NC(=O)N(CC(=O)Nc1ccc(CCN(C)C)cc1)C2=O. The third kappa shape index (κ3) is 5.31. The molecule has 1 spiro atoms. The van der Waals surface area contributed by atoms with Crippen molar-refractivity contribution < 1.29 is 14.4 Å². The summed E-state index contributed by atoms with van der Waals surface area (Å²) in [5.74, 6) is -0.0855. The average Bonchev–Trinajstić information content (AvgIpc) is 2.97. The van der Waals surface area contributed by atoms with Crippen LogP contribution in [0.4, 0.5) is 10.5 Å². The summed E-state index contributed by atoms with van der Waals surface area (Å²) in [7, 11) is 4.07. The number of hydrogen-bond donors (Lipinski definition) is 2. The predicted octanol–water partition coefficient (Wildman–Crippen LogP) is 3.65. The zero-order chi connectivity index (χ0) is 23.5. The van der Waals surface area contributed by atoms with E-state index in [0.717, 1.165) is 37.1 Å². The predicted molar refractivity (Wildman–Crippen MR) is 126 cm³/mol. The molecule has 4 amide bonds. The van der Waals surface area contributed by atoms with Crippen molar-refractivity contribution in [2.45, 2.75) is 64.8 Å². The number of likely N-dealkylation sites (N-methyl/N-ethyl adjacent to an activating group) is 1. The first-order valence-corrected chi connectivity index (χ1v) is 11.7. The molecule has 0 atom stereocenters. The summed E-state index contributed by atoms with van der Waals surface area (Å²) in [6.07, 6.45) is 5.12. The average molecular weight is 443 g/mol. The van der Waals surface area contributed by atoms with Gasteiger partial charge in [-0.1, -0.05) is 39.3 Å². The molecule has 2 fully saturated rings. The van der Waals surface area contributed by atoms with E-state index in [1.807, 2.05) is 38.4 Å². The van der Waals surface area contributed by atoms with Gasteiger partial charge in [-0.3, -0.25) is 14.5 Å². The zero-order valence-electron chi connectivity index (χ0n) is 20.2. The van der Waals surface area contributed by atoms with Crippen LogP contribution in [-0.2, 0) is 16.0 Å². The van der Waals surface area contributed by atoms with Crippen LogP contribution in [0.5, 0.6) is 0 Å². The molecule has 0 radical (unpaired) electrons. The third-order valence-electron chi connectivity index (χ3n) is 7.49. The molecule has 1 saturated heterocycles. The van der Waals surface area contributed by atoms with Gasteiger partial charge >= 0.3 is 6.03 Å². The number of rotatable bonds is 8. The van der Waals surface area contributed by atoms with Gasteiger partial charge in [-0.05, 0) is 75.2 Å². The summed E-state index contributed by atoms with van der Waals surface area (Å²) in [5.41, 5.74) is 1.24. The molecule has 7 nitrogen and oxygen atoms in total. The molecule has 3 rings (SSSR count). The largest absolute Gasteiger partial charge is 0.325 e. The molecule has 1 heterocycles. The lowest BCUT2D eigenvalue weighted by molar-refractivity contribution is -0.135. The van der Waals surface area contributed by atoms with Crippen LogP contribution < -0.4 is 10.6 Å². The lowest BCUT2D eigenvalue weighted by Gasteiger charge is -2.42. The number of carbonyl (C=O) groups is 3. The van der Waals surface area contributed by atoms with Crippen molar-refractivity contribution >= 4 is 23.5 Å². The molecule has 7 heteroatoms. The van der Waals surface area contributed by atoms with Crippen LogP contribution >= 0.6 is 0 Å². The topological polar surface area (TPSA) is 81.8 Å². The number of nitrogens with zero attached hydrogens (tertiary/aromatic N) is 2. The minimum atomic E-state index is -0.841. The number of anilines is 1. The van der Waals surface area contributed by atoms with E-state index >= 15 is 0 Å². The van der Waals surface area contributed by atoms with Gasteiger partial charge in [0.05, 0.1) is 0 Å². The summed E-state index contributed by atoms with van der Waals surface area (Å²) < 4.78 is 0. The van der Waals surface area contributed by atoms with Crippen molar-refractivity contribution in [2.75, 3.05) is 32.5 Å². The van der Waals surface area contributed by atoms with Gasteiger partial charge in [-0.25, -0.2) is 4.79 Å². The Morgan fingerprint density at radius 2 is 1.81 bits per heavy atom. The van der Waals surface area contributed by atoms with Gasteiger partial charge in [-0.15, -0.1) is 0 Å². The Bertz CT molecular complexity index is 839. The fraction of sp³-hybridized carbons (Fsp3) is 0.640. The second-order valence-corrected chi connectivity index (χ2v) is 10.3. The maximum atomic E-state index is 13.1. The van der Waals surface area contributed by atoms with Gasteiger partial charge < -0.3 is 15.5 Å². The maximum Gasteiger partial charge on any atom is 0.325 e. The van der Waals surface area contributed by atoms with E-state index in [1.165, 1.54) is 5.56 Å². The van der Waals surface area contributed by atoms with Crippen LogP contribution in [0.15, 0.2) is 24.3 Å². The molecule has 176 valence electrons. The Morgan fingerprint density at radius 3 is 2.38 bits per heavy atom. The lowest BCUT2D eigenvalue weighted by atomic mass is 9.65. The van der Waals surface area contributed by atoms with Gasteiger partial charge in [0.2, 0.25) is 5.91 Å². The first kappa shape index (κ1) is 24.2. The fourth-order valence-electron chi connectivity index (χ4n) is 4.79. The smallest absolute Gasteiger partial charge is 0.325 e. The Hall–Kier alpha value is -2.41. The highest BCUT2D eigenvalue weighted by Crippen LogP contribution is 2.45. The first-order chi connectivity index (χ1) is 15.1. The van der Waals surface area contributed by atoms with Crippen molar-refractivity contribution in [1.29, 1.82) is 0 Å². The van der Waals surface area contributed by atoms with Crippen molar-refractivity contribution in [3.8, 4) is 0 Å². The molecule has 0 unspecified atom stereocenters. The van der Waals surface area contributed by atoms with Gasteiger partial charge in [0, 0.05) is 12.2 Å². The van der Waals surface area contributed by atoms with Crippen molar-refractivity contribution in [1.82, 2.24) is 15.1 Å². The maximum absolute atomic E-state index is 13.1. The van der Waals surface area contributed by atoms with Crippen molar-refractivity contribution in [3.63, 3.8) is 0 Å². The van der Waals surface area contributed by atoms with Gasteiger partial charge in [0.15, 0.2) is 0 Å². The summed E-state index contributed by atoms with van der Waals surface area (Å²) in [4.78, 5) is 41.5. The zero-order valence-corrected chi connectivity index (χ0v) is 20.2. The molecule has 2 N–H and O–H groups in total. The molecule has 32 heavy (non-hydrogen) atoms. The number of imide groups is 1. The van der Waals surface area contributed by atoms with Gasteiger partial charge in [0.25, 0.3) is 5.91 Å². The number of carbonyl (C=O) groups excluding carboxylic acids is 3. The lowest BCUT2D eigenvalue weighted by Crippen LogP contribution is -2.51. The quantitative estimate of drug-likeness (QED) is 0.602. The Balaban J connectivity index is 1.56. The van der Waals surface area contributed by atoms with E-state index in [1.54, 1.807) is 0 Å². The molecule has 0 aromatic heterocycles.